The molecule has 0 saturated carbocycles. The highest BCUT2D eigenvalue weighted by molar-refractivity contribution is 5.69. The van der Waals surface area contributed by atoms with Gasteiger partial charge in [-0.3, -0.25) is 4.79 Å². The molecule has 4 heteroatoms. The van der Waals surface area contributed by atoms with Crippen LogP contribution in [0.5, 0.6) is 0 Å². The molecule has 1 N–H and O–H groups in total. The molecular weight excluding hydrogens is 374 g/mol. The van der Waals surface area contributed by atoms with Crippen LogP contribution in [0, 0.1) is 0 Å². The maximum absolute atomic E-state index is 11.8. The predicted molar refractivity (Wildman–Crippen MR) is 129 cm³/mol. The quantitative estimate of drug-likeness (QED) is 0.135. The van der Waals surface area contributed by atoms with Crippen LogP contribution >= 0.6 is 0 Å². The third-order valence-corrected chi connectivity index (χ3v) is 5.86. The van der Waals surface area contributed by atoms with E-state index in [4.69, 9.17) is 4.74 Å². The number of esters is 1. The molecule has 0 spiro atoms. The Hall–Kier alpha value is -0.610. The van der Waals surface area contributed by atoms with Gasteiger partial charge < -0.3 is 14.7 Å². The van der Waals surface area contributed by atoms with E-state index in [9.17, 15) is 9.90 Å². The first-order chi connectivity index (χ1) is 14.7. The Bertz CT molecular complexity index is 349. The SMILES string of the molecule is CCCCCCCCCCCOC(=O)CCCCCN(CCO)CCCCCCC. The topological polar surface area (TPSA) is 49.8 Å². The smallest absolute Gasteiger partial charge is 0.305 e. The van der Waals surface area contributed by atoms with Crippen molar-refractivity contribution < 1.29 is 14.6 Å². The van der Waals surface area contributed by atoms with Crippen LogP contribution in [-0.2, 0) is 9.53 Å². The number of aliphatic hydroxyl groups excluding tert-OH is 1. The van der Waals surface area contributed by atoms with Gasteiger partial charge in [-0.2, -0.15) is 0 Å². The van der Waals surface area contributed by atoms with E-state index in [-0.39, 0.29) is 12.6 Å². The van der Waals surface area contributed by atoms with Gasteiger partial charge in [0.25, 0.3) is 0 Å². The largest absolute Gasteiger partial charge is 0.466 e. The summed E-state index contributed by atoms with van der Waals surface area (Å²) >= 11 is 0. The van der Waals surface area contributed by atoms with Crippen molar-refractivity contribution in [2.24, 2.45) is 0 Å². The van der Waals surface area contributed by atoms with Crippen LogP contribution in [0.2, 0.25) is 0 Å². The second-order valence-electron chi connectivity index (χ2n) is 8.84. The van der Waals surface area contributed by atoms with Gasteiger partial charge in [-0.05, 0) is 38.8 Å². The standard InChI is InChI=1S/C26H53NO3/c1-3-5-7-9-10-11-12-14-19-25-30-26(29)20-16-15-18-22-27(23-24-28)21-17-13-8-6-4-2/h28H,3-25H2,1-2H3. The van der Waals surface area contributed by atoms with Crippen molar-refractivity contribution >= 4 is 5.97 Å². The molecule has 0 aromatic heterocycles. The molecule has 0 aromatic rings. The number of ether oxygens (including phenoxy) is 1. The normalized spacial score (nSPS) is 11.3. The van der Waals surface area contributed by atoms with Gasteiger partial charge in [0.05, 0.1) is 13.2 Å². The van der Waals surface area contributed by atoms with Gasteiger partial charge in [-0.1, -0.05) is 97.3 Å². The minimum absolute atomic E-state index is 0.0299. The molecule has 0 radical (unpaired) electrons. The lowest BCUT2D eigenvalue weighted by molar-refractivity contribution is -0.143. The van der Waals surface area contributed by atoms with Gasteiger partial charge in [0.2, 0.25) is 0 Å². The average Bonchev–Trinajstić information content (AvgIpc) is 2.74. The Balaban J connectivity index is 3.47. The monoisotopic (exact) mass is 427 g/mol. The maximum Gasteiger partial charge on any atom is 0.305 e. The van der Waals surface area contributed by atoms with E-state index in [1.807, 2.05) is 0 Å². The number of hydrogen-bond donors (Lipinski definition) is 1. The lowest BCUT2D eigenvalue weighted by atomic mass is 10.1. The van der Waals surface area contributed by atoms with Gasteiger partial charge in [-0.25, -0.2) is 0 Å². The van der Waals surface area contributed by atoms with Crippen molar-refractivity contribution in [1.29, 1.82) is 0 Å². The zero-order chi connectivity index (χ0) is 22.1. The Kier molecular flexibility index (Phi) is 24.2. The van der Waals surface area contributed by atoms with E-state index in [1.54, 1.807) is 0 Å². The molecule has 0 amide bonds. The first-order valence-electron chi connectivity index (χ1n) is 13.2. The van der Waals surface area contributed by atoms with Crippen LogP contribution in [0.1, 0.15) is 129 Å². The molecule has 0 atom stereocenters. The predicted octanol–water partition coefficient (Wildman–Crippen LogP) is 6.89. The fraction of sp³-hybridized carbons (Fsp3) is 0.962. The van der Waals surface area contributed by atoms with Gasteiger partial charge in [-0.15, -0.1) is 0 Å². The van der Waals surface area contributed by atoms with Crippen molar-refractivity contribution in [3.05, 3.63) is 0 Å². The Morgan fingerprint density at radius 1 is 0.633 bits per heavy atom. The highest BCUT2D eigenvalue weighted by atomic mass is 16.5. The van der Waals surface area contributed by atoms with E-state index in [0.717, 1.165) is 45.3 Å². The molecule has 0 rings (SSSR count). The molecule has 30 heavy (non-hydrogen) atoms. The Labute approximate surface area is 188 Å². The van der Waals surface area contributed by atoms with Crippen molar-refractivity contribution in [1.82, 2.24) is 4.90 Å². The summed E-state index contributed by atoms with van der Waals surface area (Å²) in [6, 6.07) is 0. The number of hydrogen-bond acceptors (Lipinski definition) is 4. The summed E-state index contributed by atoms with van der Waals surface area (Å²) in [6.07, 6.45) is 21.7. The molecule has 0 aliphatic rings. The summed E-state index contributed by atoms with van der Waals surface area (Å²) in [5.41, 5.74) is 0. The summed E-state index contributed by atoms with van der Waals surface area (Å²) in [5.74, 6) is -0.0299. The zero-order valence-electron chi connectivity index (χ0n) is 20.5. The molecule has 4 nitrogen and oxygen atoms in total. The molecule has 0 aliphatic carbocycles. The van der Waals surface area contributed by atoms with Crippen molar-refractivity contribution in [2.75, 3.05) is 32.8 Å². The zero-order valence-corrected chi connectivity index (χ0v) is 20.5. The van der Waals surface area contributed by atoms with Crippen LogP contribution in [0.15, 0.2) is 0 Å². The Morgan fingerprint density at radius 3 is 1.63 bits per heavy atom. The summed E-state index contributed by atoms with van der Waals surface area (Å²) in [7, 11) is 0. The van der Waals surface area contributed by atoms with E-state index < -0.39 is 0 Å². The van der Waals surface area contributed by atoms with Crippen molar-refractivity contribution in [2.45, 2.75) is 129 Å². The summed E-state index contributed by atoms with van der Waals surface area (Å²) < 4.78 is 5.37. The molecular formula is C26H53NO3. The van der Waals surface area contributed by atoms with Crippen LogP contribution < -0.4 is 0 Å². The van der Waals surface area contributed by atoms with Gasteiger partial charge in [0.15, 0.2) is 0 Å². The average molecular weight is 428 g/mol. The molecule has 180 valence electrons. The minimum atomic E-state index is -0.0299. The third kappa shape index (κ3) is 22.1. The second kappa shape index (κ2) is 24.7. The van der Waals surface area contributed by atoms with Crippen LogP contribution in [-0.4, -0.2) is 48.8 Å². The fourth-order valence-corrected chi connectivity index (χ4v) is 3.87. The van der Waals surface area contributed by atoms with Gasteiger partial charge in [0.1, 0.15) is 0 Å². The van der Waals surface area contributed by atoms with E-state index in [0.29, 0.717) is 13.0 Å². The lowest BCUT2D eigenvalue weighted by Crippen LogP contribution is -2.29. The second-order valence-corrected chi connectivity index (χ2v) is 8.84. The molecule has 0 unspecified atom stereocenters. The van der Waals surface area contributed by atoms with Crippen LogP contribution in [0.3, 0.4) is 0 Å². The molecule has 0 saturated heterocycles. The number of aliphatic hydroxyl groups is 1. The Morgan fingerprint density at radius 2 is 1.10 bits per heavy atom. The van der Waals surface area contributed by atoms with Crippen molar-refractivity contribution in [3.8, 4) is 0 Å². The number of carbonyl (C=O) groups excluding carboxylic acids is 1. The molecule has 0 heterocycles. The molecule has 0 fully saturated rings. The molecule has 0 bridgehead atoms. The van der Waals surface area contributed by atoms with Crippen LogP contribution in [0.25, 0.3) is 0 Å². The number of unbranched alkanes of at least 4 members (excludes halogenated alkanes) is 14. The minimum Gasteiger partial charge on any atom is -0.466 e. The van der Waals surface area contributed by atoms with Gasteiger partial charge in [0, 0.05) is 13.0 Å². The number of carbonyl (C=O) groups is 1. The van der Waals surface area contributed by atoms with E-state index in [2.05, 4.69) is 18.7 Å². The number of nitrogens with zero attached hydrogens (tertiary/aromatic N) is 1. The van der Waals surface area contributed by atoms with Gasteiger partial charge >= 0.3 is 5.97 Å². The lowest BCUT2D eigenvalue weighted by Gasteiger charge is -2.21. The first-order valence-corrected chi connectivity index (χ1v) is 13.2. The molecule has 0 aliphatic heterocycles. The first kappa shape index (κ1) is 29.4. The summed E-state index contributed by atoms with van der Waals surface area (Å²) in [4.78, 5) is 14.2. The fourth-order valence-electron chi connectivity index (χ4n) is 3.87. The highest BCUT2D eigenvalue weighted by Crippen LogP contribution is 2.10. The van der Waals surface area contributed by atoms with Crippen molar-refractivity contribution in [3.63, 3.8) is 0 Å². The van der Waals surface area contributed by atoms with Crippen LogP contribution in [0.4, 0.5) is 0 Å². The maximum atomic E-state index is 11.8. The highest BCUT2D eigenvalue weighted by Gasteiger charge is 2.06. The third-order valence-electron chi connectivity index (χ3n) is 5.86. The van der Waals surface area contributed by atoms with E-state index >= 15 is 0 Å². The summed E-state index contributed by atoms with van der Waals surface area (Å²) in [5, 5.41) is 9.24. The summed E-state index contributed by atoms with van der Waals surface area (Å²) in [6.45, 7) is 8.22. The van der Waals surface area contributed by atoms with E-state index in [1.165, 1.54) is 83.5 Å². The molecule has 0 aromatic carbocycles. The number of rotatable bonds is 24.